The van der Waals surface area contributed by atoms with Gasteiger partial charge in [0.15, 0.2) is 23.3 Å². The van der Waals surface area contributed by atoms with E-state index in [0.717, 1.165) is 17.7 Å². The molecule has 0 saturated carbocycles. The zero-order valence-electron chi connectivity index (χ0n) is 11.9. The molecular weight excluding hydrogens is 292 g/mol. The van der Waals surface area contributed by atoms with Gasteiger partial charge in [-0.1, -0.05) is 36.4 Å². The summed E-state index contributed by atoms with van der Waals surface area (Å²) < 4.78 is 54.0. The minimum Gasteiger partial charge on any atom is -0.204 e. The topological polar surface area (TPSA) is 0 Å². The van der Waals surface area contributed by atoms with Crippen LogP contribution in [0.3, 0.4) is 0 Å². The van der Waals surface area contributed by atoms with E-state index < -0.39 is 23.3 Å². The highest BCUT2D eigenvalue weighted by Gasteiger charge is 2.13. The third kappa shape index (κ3) is 3.64. The molecule has 0 N–H and O–H groups in total. The summed E-state index contributed by atoms with van der Waals surface area (Å²) in [6, 6.07) is 8.66. The predicted molar refractivity (Wildman–Crippen MR) is 80.3 cm³/mol. The van der Waals surface area contributed by atoms with E-state index in [4.69, 9.17) is 0 Å². The monoisotopic (exact) mass is 306 g/mol. The molecular formula is C18H14F4. The fraction of sp³-hybridized carbons (Fsp3) is 0.111. The first-order valence-corrected chi connectivity index (χ1v) is 6.74. The van der Waals surface area contributed by atoms with Crippen molar-refractivity contribution in [3.05, 3.63) is 82.9 Å². The Morgan fingerprint density at radius 1 is 0.864 bits per heavy atom. The van der Waals surface area contributed by atoms with Gasteiger partial charge in [0, 0.05) is 11.1 Å². The van der Waals surface area contributed by atoms with Gasteiger partial charge >= 0.3 is 0 Å². The van der Waals surface area contributed by atoms with Crippen LogP contribution in [0, 0.1) is 11.6 Å². The molecule has 0 spiro atoms. The van der Waals surface area contributed by atoms with E-state index in [0.29, 0.717) is 12.5 Å². The van der Waals surface area contributed by atoms with Gasteiger partial charge in [-0.15, -0.1) is 0 Å². The van der Waals surface area contributed by atoms with Crippen LogP contribution in [-0.4, -0.2) is 0 Å². The van der Waals surface area contributed by atoms with Gasteiger partial charge in [-0.25, -0.2) is 17.6 Å². The molecule has 4 heteroatoms. The number of halogens is 4. The fourth-order valence-electron chi connectivity index (χ4n) is 1.93. The fourth-order valence-corrected chi connectivity index (χ4v) is 1.93. The Bertz CT molecular complexity index is 712. The summed E-state index contributed by atoms with van der Waals surface area (Å²) in [5, 5.41) is 0. The van der Waals surface area contributed by atoms with Crippen LogP contribution in [0.15, 0.2) is 54.6 Å². The van der Waals surface area contributed by atoms with E-state index in [1.165, 1.54) is 12.1 Å². The van der Waals surface area contributed by atoms with E-state index in [1.807, 2.05) is 19.1 Å². The molecule has 0 radical (unpaired) electrons. The van der Waals surface area contributed by atoms with Gasteiger partial charge in [0.25, 0.3) is 0 Å². The molecule has 0 amide bonds. The average Bonchev–Trinajstić information content (AvgIpc) is 2.54. The molecule has 0 nitrogen and oxygen atoms in total. The van der Waals surface area contributed by atoms with Crippen molar-refractivity contribution < 1.29 is 17.6 Å². The first-order valence-electron chi connectivity index (χ1n) is 6.74. The maximum Gasteiger partial charge on any atom is 0.166 e. The highest BCUT2D eigenvalue weighted by molar-refractivity contribution is 5.83. The molecule has 2 aromatic rings. The molecule has 0 saturated heterocycles. The van der Waals surface area contributed by atoms with Gasteiger partial charge in [-0.3, -0.25) is 0 Å². The van der Waals surface area contributed by atoms with Gasteiger partial charge in [0.05, 0.1) is 0 Å². The number of hydrogen-bond donors (Lipinski definition) is 0. The van der Waals surface area contributed by atoms with Crippen LogP contribution in [0.5, 0.6) is 0 Å². The van der Waals surface area contributed by atoms with Crippen LogP contribution in [-0.2, 0) is 6.42 Å². The zero-order valence-corrected chi connectivity index (χ0v) is 11.9. The lowest BCUT2D eigenvalue weighted by molar-refractivity contribution is 0.507. The Kier molecular flexibility index (Phi) is 5.15. The lowest BCUT2D eigenvalue weighted by Gasteiger charge is -2.04. The van der Waals surface area contributed by atoms with Crippen molar-refractivity contribution in [3.8, 4) is 0 Å². The zero-order chi connectivity index (χ0) is 16.1. The van der Waals surface area contributed by atoms with Crippen LogP contribution < -0.4 is 0 Å². The summed E-state index contributed by atoms with van der Waals surface area (Å²) in [6.07, 6.45) is 4.55. The van der Waals surface area contributed by atoms with Crippen molar-refractivity contribution >= 4 is 11.7 Å². The van der Waals surface area contributed by atoms with E-state index >= 15 is 0 Å². The van der Waals surface area contributed by atoms with Crippen molar-refractivity contribution in [1.82, 2.24) is 0 Å². The molecule has 0 atom stereocenters. The maximum absolute atomic E-state index is 14.1. The molecule has 0 aromatic heterocycles. The lowest BCUT2D eigenvalue weighted by Crippen LogP contribution is -1.89. The van der Waals surface area contributed by atoms with Crippen molar-refractivity contribution in [2.24, 2.45) is 0 Å². The van der Waals surface area contributed by atoms with E-state index in [9.17, 15) is 17.6 Å². The largest absolute Gasteiger partial charge is 0.204 e. The highest BCUT2D eigenvalue weighted by atomic mass is 19.2. The number of allylic oxidation sites excluding steroid dienone is 2. The van der Waals surface area contributed by atoms with E-state index in [-0.39, 0.29) is 11.1 Å². The third-order valence-corrected chi connectivity index (χ3v) is 3.16. The normalized spacial score (nSPS) is 12.6. The van der Waals surface area contributed by atoms with E-state index in [1.54, 1.807) is 12.1 Å². The number of rotatable bonds is 4. The highest BCUT2D eigenvalue weighted by Crippen LogP contribution is 2.29. The summed E-state index contributed by atoms with van der Waals surface area (Å²) in [7, 11) is 0. The average molecular weight is 306 g/mol. The van der Waals surface area contributed by atoms with Crippen molar-refractivity contribution in [1.29, 1.82) is 0 Å². The molecule has 0 unspecified atom stereocenters. The standard InChI is InChI=1S/C18H14F4/c1-2-3-4-12-5-7-13(8-6-12)17(21)18(22)14-9-10-15(19)16(20)11-14/h2-3,5-11H,4H2,1H3/b3-2+,18-17?. The summed E-state index contributed by atoms with van der Waals surface area (Å²) in [5.74, 6) is -4.66. The van der Waals surface area contributed by atoms with Crippen LogP contribution in [0.2, 0.25) is 0 Å². The van der Waals surface area contributed by atoms with Gasteiger partial charge < -0.3 is 0 Å². The minimum atomic E-state index is -1.22. The molecule has 2 aromatic carbocycles. The second-order valence-corrected chi connectivity index (χ2v) is 4.73. The third-order valence-electron chi connectivity index (χ3n) is 3.16. The first kappa shape index (κ1) is 16.0. The molecule has 0 bridgehead atoms. The van der Waals surface area contributed by atoms with Crippen LogP contribution in [0.1, 0.15) is 23.6 Å². The molecule has 22 heavy (non-hydrogen) atoms. The maximum atomic E-state index is 14.1. The van der Waals surface area contributed by atoms with Crippen LogP contribution >= 0.6 is 0 Å². The minimum absolute atomic E-state index is 0.0476. The van der Waals surface area contributed by atoms with Crippen LogP contribution in [0.4, 0.5) is 17.6 Å². The van der Waals surface area contributed by atoms with Gasteiger partial charge in [0.1, 0.15) is 0 Å². The first-order chi connectivity index (χ1) is 10.5. The Labute approximate surface area is 126 Å². The summed E-state index contributed by atoms with van der Waals surface area (Å²) >= 11 is 0. The molecule has 0 aliphatic rings. The molecule has 2 rings (SSSR count). The number of benzene rings is 2. The predicted octanol–water partition coefficient (Wildman–Crippen LogP) is 5.85. The molecule has 114 valence electrons. The van der Waals surface area contributed by atoms with Gasteiger partial charge in [-0.2, -0.15) is 0 Å². The smallest absolute Gasteiger partial charge is 0.166 e. The lowest BCUT2D eigenvalue weighted by atomic mass is 10.1. The van der Waals surface area contributed by atoms with Crippen molar-refractivity contribution in [2.45, 2.75) is 13.3 Å². The van der Waals surface area contributed by atoms with Crippen molar-refractivity contribution in [3.63, 3.8) is 0 Å². The number of hydrogen-bond acceptors (Lipinski definition) is 0. The van der Waals surface area contributed by atoms with Gasteiger partial charge in [-0.05, 0) is 37.1 Å². The second-order valence-electron chi connectivity index (χ2n) is 4.73. The van der Waals surface area contributed by atoms with E-state index in [2.05, 4.69) is 0 Å². The van der Waals surface area contributed by atoms with Crippen molar-refractivity contribution in [2.75, 3.05) is 0 Å². The quantitative estimate of drug-likeness (QED) is 0.378. The Morgan fingerprint density at radius 2 is 1.45 bits per heavy atom. The Hall–Kier alpha value is -2.36. The Balaban J connectivity index is 2.31. The summed E-state index contributed by atoms with van der Waals surface area (Å²) in [5.41, 5.74) is 0.670. The summed E-state index contributed by atoms with van der Waals surface area (Å²) in [4.78, 5) is 0. The SMILES string of the molecule is C/C=C/Cc1ccc(C(F)=C(F)c2ccc(F)c(F)c2)cc1. The molecule has 0 heterocycles. The van der Waals surface area contributed by atoms with Crippen LogP contribution in [0.25, 0.3) is 11.7 Å². The van der Waals surface area contributed by atoms with Gasteiger partial charge in [0.2, 0.25) is 0 Å². The second kappa shape index (κ2) is 7.07. The molecule has 0 aliphatic heterocycles. The summed E-state index contributed by atoms with van der Waals surface area (Å²) in [6.45, 7) is 1.90. The molecule has 0 aliphatic carbocycles. The Morgan fingerprint density at radius 3 is 2.05 bits per heavy atom. The molecule has 0 fully saturated rings.